The number of ether oxygens (including phenoxy) is 1. The van der Waals surface area contributed by atoms with Crippen molar-refractivity contribution in [2.75, 3.05) is 11.9 Å². The number of ketones is 1. The summed E-state index contributed by atoms with van der Waals surface area (Å²) in [4.78, 5) is 11.7. The van der Waals surface area contributed by atoms with Gasteiger partial charge in [0.05, 0.1) is 6.61 Å². The van der Waals surface area contributed by atoms with Gasteiger partial charge in [0.2, 0.25) is 0 Å². The molecule has 1 aliphatic rings. The Balaban J connectivity index is 1.92. The van der Waals surface area contributed by atoms with E-state index in [2.05, 4.69) is 12.2 Å². The summed E-state index contributed by atoms with van der Waals surface area (Å²) in [5.41, 5.74) is 1.90. The maximum Gasteiger partial charge on any atom is 0.160 e. The molecule has 0 heterocycles. The van der Waals surface area contributed by atoms with E-state index in [1.807, 2.05) is 30.5 Å². The van der Waals surface area contributed by atoms with Gasteiger partial charge >= 0.3 is 0 Å². The largest absolute Gasteiger partial charge is 0.494 e. The molecule has 0 radical (unpaired) electrons. The van der Waals surface area contributed by atoms with Gasteiger partial charge in [-0.3, -0.25) is 4.79 Å². The maximum absolute atomic E-state index is 11.7. The lowest BCUT2D eigenvalue weighted by atomic mass is 9.94. The third kappa shape index (κ3) is 4.12. The third-order valence-corrected chi connectivity index (χ3v) is 3.20. The summed E-state index contributed by atoms with van der Waals surface area (Å²) in [7, 11) is 0. The van der Waals surface area contributed by atoms with Crippen LogP contribution in [0.3, 0.4) is 0 Å². The van der Waals surface area contributed by atoms with Crippen LogP contribution in [0.25, 0.3) is 0 Å². The Morgan fingerprint density at radius 2 is 1.95 bits per heavy atom. The van der Waals surface area contributed by atoms with Crippen molar-refractivity contribution in [3.05, 3.63) is 36.0 Å². The van der Waals surface area contributed by atoms with Gasteiger partial charge in [-0.25, -0.2) is 0 Å². The molecule has 0 saturated heterocycles. The van der Waals surface area contributed by atoms with E-state index in [1.54, 1.807) is 0 Å². The highest BCUT2D eigenvalue weighted by atomic mass is 16.5. The molecule has 0 amide bonds. The second-order valence-corrected chi connectivity index (χ2v) is 4.82. The van der Waals surface area contributed by atoms with Crippen molar-refractivity contribution in [1.82, 2.24) is 0 Å². The number of benzene rings is 1. The van der Waals surface area contributed by atoms with Crippen LogP contribution in [0.2, 0.25) is 0 Å². The molecule has 1 fully saturated rings. The van der Waals surface area contributed by atoms with E-state index in [0.717, 1.165) is 49.3 Å². The first-order valence-corrected chi connectivity index (χ1v) is 7.01. The van der Waals surface area contributed by atoms with Crippen LogP contribution in [0.4, 0.5) is 5.69 Å². The van der Waals surface area contributed by atoms with Crippen molar-refractivity contribution in [2.45, 2.75) is 39.0 Å². The summed E-state index contributed by atoms with van der Waals surface area (Å²) in [6, 6.07) is 7.82. The highest BCUT2D eigenvalue weighted by Gasteiger charge is 2.14. The maximum atomic E-state index is 11.7. The number of carbonyl (C=O) groups is 1. The van der Waals surface area contributed by atoms with Crippen LogP contribution in [0, 0.1) is 0 Å². The Morgan fingerprint density at radius 3 is 2.63 bits per heavy atom. The van der Waals surface area contributed by atoms with Crippen LogP contribution in [0.15, 0.2) is 36.0 Å². The number of nitrogens with one attached hydrogen (secondary N) is 1. The Kier molecular flexibility index (Phi) is 5.01. The minimum absolute atomic E-state index is 0.279. The molecule has 0 unspecified atom stereocenters. The van der Waals surface area contributed by atoms with Crippen molar-refractivity contribution in [3.8, 4) is 5.75 Å². The fraction of sp³-hybridized carbons (Fsp3) is 0.438. The number of allylic oxidation sites excluding steroid dienone is 1. The zero-order valence-electron chi connectivity index (χ0n) is 11.4. The predicted octanol–water partition coefficient (Wildman–Crippen LogP) is 3.91. The fourth-order valence-electron chi connectivity index (χ4n) is 2.09. The number of hydrogen-bond donors (Lipinski definition) is 1. The van der Waals surface area contributed by atoms with Crippen LogP contribution in [0.5, 0.6) is 5.75 Å². The lowest BCUT2D eigenvalue weighted by Gasteiger charge is -2.13. The second kappa shape index (κ2) is 6.98. The summed E-state index contributed by atoms with van der Waals surface area (Å²) in [6.45, 7) is 2.83. The van der Waals surface area contributed by atoms with Crippen molar-refractivity contribution in [3.63, 3.8) is 0 Å². The monoisotopic (exact) mass is 259 g/mol. The lowest BCUT2D eigenvalue weighted by molar-refractivity contribution is -0.116. The van der Waals surface area contributed by atoms with Crippen molar-refractivity contribution in [2.24, 2.45) is 0 Å². The Bertz CT molecular complexity index is 448. The molecule has 0 atom stereocenters. The first-order chi connectivity index (χ1) is 9.29. The number of hydrogen-bond acceptors (Lipinski definition) is 3. The normalized spacial score (nSPS) is 17.5. The fourth-order valence-corrected chi connectivity index (χ4v) is 2.09. The summed E-state index contributed by atoms with van der Waals surface area (Å²) in [6.07, 6.45) is 6.58. The lowest BCUT2D eigenvalue weighted by Crippen LogP contribution is -2.09. The van der Waals surface area contributed by atoms with Crippen molar-refractivity contribution >= 4 is 11.5 Å². The highest BCUT2D eigenvalue weighted by molar-refractivity contribution is 5.96. The molecule has 1 aliphatic carbocycles. The minimum atomic E-state index is 0.279. The van der Waals surface area contributed by atoms with E-state index in [1.165, 1.54) is 0 Å². The average molecular weight is 259 g/mol. The molecule has 1 aromatic carbocycles. The molecule has 0 spiro atoms. The Morgan fingerprint density at radius 1 is 1.21 bits per heavy atom. The molecular weight excluding hydrogens is 238 g/mol. The molecule has 0 aliphatic heterocycles. The second-order valence-electron chi connectivity index (χ2n) is 4.82. The molecule has 0 bridgehead atoms. The van der Waals surface area contributed by atoms with Gasteiger partial charge in [-0.1, -0.05) is 6.92 Å². The van der Waals surface area contributed by atoms with Gasteiger partial charge in [0.25, 0.3) is 0 Å². The quantitative estimate of drug-likeness (QED) is 0.815. The molecule has 3 nitrogen and oxygen atoms in total. The van der Waals surface area contributed by atoms with Gasteiger partial charge in [-0.15, -0.1) is 0 Å². The van der Waals surface area contributed by atoms with Crippen LogP contribution in [-0.2, 0) is 4.79 Å². The zero-order chi connectivity index (χ0) is 13.5. The number of rotatable bonds is 5. The van der Waals surface area contributed by atoms with Crippen LogP contribution in [-0.4, -0.2) is 12.4 Å². The smallest absolute Gasteiger partial charge is 0.160 e. The van der Waals surface area contributed by atoms with Crippen LogP contribution >= 0.6 is 0 Å². The van der Waals surface area contributed by atoms with Crippen molar-refractivity contribution in [1.29, 1.82) is 0 Å². The summed E-state index contributed by atoms with van der Waals surface area (Å²) in [5.74, 6) is 1.16. The van der Waals surface area contributed by atoms with Gasteiger partial charge < -0.3 is 10.1 Å². The molecule has 19 heavy (non-hydrogen) atoms. The van der Waals surface area contributed by atoms with Crippen LogP contribution in [0.1, 0.15) is 39.0 Å². The first kappa shape index (κ1) is 13.7. The number of Topliss-reactive ketones (excluding diaryl/α,β-unsaturated/α-hetero) is 1. The molecule has 3 heteroatoms. The first-order valence-electron chi connectivity index (χ1n) is 7.01. The van der Waals surface area contributed by atoms with E-state index < -0.39 is 0 Å². The number of carbonyl (C=O) groups excluding carboxylic acids is 1. The van der Waals surface area contributed by atoms with Gasteiger partial charge in [0.15, 0.2) is 5.78 Å². The minimum Gasteiger partial charge on any atom is -0.494 e. The molecule has 102 valence electrons. The summed E-state index contributed by atoms with van der Waals surface area (Å²) < 4.78 is 5.52. The molecule has 0 aromatic heterocycles. The van der Waals surface area contributed by atoms with Gasteiger partial charge in [-0.2, -0.15) is 0 Å². The Labute approximate surface area is 114 Å². The predicted molar refractivity (Wildman–Crippen MR) is 77.4 cm³/mol. The highest BCUT2D eigenvalue weighted by Crippen LogP contribution is 2.21. The van der Waals surface area contributed by atoms with Gasteiger partial charge in [0.1, 0.15) is 5.75 Å². The van der Waals surface area contributed by atoms with E-state index in [-0.39, 0.29) is 5.78 Å². The third-order valence-electron chi connectivity index (χ3n) is 3.20. The van der Waals surface area contributed by atoms with Crippen LogP contribution < -0.4 is 10.1 Å². The van der Waals surface area contributed by atoms with E-state index in [0.29, 0.717) is 6.42 Å². The standard InChI is InChI=1S/C16H21NO2/c1-2-11-19-15-9-7-14(8-10-15)17-12-13-5-3-4-6-16(13)18/h7-10,12,17H,2-6,11H2,1H3/b13-12-. The van der Waals surface area contributed by atoms with Gasteiger partial charge in [-0.05, 0) is 49.9 Å². The molecule has 1 N–H and O–H groups in total. The summed E-state index contributed by atoms with van der Waals surface area (Å²) in [5, 5.41) is 3.19. The SMILES string of the molecule is CCCOc1ccc(N/C=C2/CCCCC2=O)cc1. The molecule has 1 saturated carbocycles. The van der Waals surface area contributed by atoms with E-state index in [9.17, 15) is 4.79 Å². The molecule has 1 aromatic rings. The van der Waals surface area contributed by atoms with Gasteiger partial charge in [0, 0.05) is 23.9 Å². The molecule has 2 rings (SSSR count). The van der Waals surface area contributed by atoms with Crippen molar-refractivity contribution < 1.29 is 9.53 Å². The van der Waals surface area contributed by atoms with E-state index >= 15 is 0 Å². The topological polar surface area (TPSA) is 38.3 Å². The number of anilines is 1. The van der Waals surface area contributed by atoms with E-state index in [4.69, 9.17) is 4.74 Å². The zero-order valence-corrected chi connectivity index (χ0v) is 11.4. The average Bonchev–Trinajstić information content (AvgIpc) is 2.45. The molecular formula is C16H21NO2. The Hall–Kier alpha value is -1.77. The summed E-state index contributed by atoms with van der Waals surface area (Å²) >= 11 is 0.